The van der Waals surface area contributed by atoms with Gasteiger partial charge in [0.2, 0.25) is 0 Å². The molecule has 1 aromatic heterocycles. The summed E-state index contributed by atoms with van der Waals surface area (Å²) in [4.78, 5) is 21.9. The first-order valence-electron chi connectivity index (χ1n) is 17.5. The molecule has 0 spiro atoms. The first-order valence-corrected chi connectivity index (χ1v) is 17.5. The number of ether oxygens (including phenoxy) is 4. The van der Waals surface area contributed by atoms with Gasteiger partial charge >= 0.3 is 0 Å². The zero-order valence-electron chi connectivity index (χ0n) is 30.2. The molecule has 0 bridgehead atoms. The molecule has 4 heterocycles. The Labute approximate surface area is 314 Å². The van der Waals surface area contributed by atoms with Crippen LogP contribution in [0.3, 0.4) is 0 Å². The quantitative estimate of drug-likeness (QED) is 0.0453. The van der Waals surface area contributed by atoms with Gasteiger partial charge in [-0.3, -0.25) is 15.6 Å². The molecule has 0 radical (unpaired) electrons. The Morgan fingerprint density at radius 2 is 1.69 bits per heavy atom. The number of aromatic nitrogens is 2. The highest BCUT2D eigenvalue weighted by atomic mass is 16.8. The van der Waals surface area contributed by atoms with Crippen molar-refractivity contribution in [3.63, 3.8) is 0 Å². The van der Waals surface area contributed by atoms with Crippen molar-refractivity contribution < 1.29 is 64.7 Å². The highest BCUT2D eigenvalue weighted by molar-refractivity contribution is 5.76. The normalized spacial score (nSPS) is 39.0. The van der Waals surface area contributed by atoms with Crippen LogP contribution in [0.1, 0.15) is 26.2 Å². The fourth-order valence-corrected chi connectivity index (χ4v) is 6.92. The SMILES string of the molecule is CN[C@@H]1[C@H](O[C@H]2[C@H](O[C@H]3[C@H](O)[C@@H](O)[C@H](N=C(N)N)[C@@H](O)[C@@H]3NC(=N)N)O[C@@H](C)[C@]2(O)C=O)O[C@@H](CO)[C@H](O)[C@H]1O.N=c1nc(N2CCCCC2)cc(N)n1O. The number of carbonyl (C=O) groups is 1. The van der Waals surface area contributed by atoms with E-state index in [4.69, 9.17) is 52.7 Å². The maximum atomic E-state index is 12.1. The summed E-state index contributed by atoms with van der Waals surface area (Å²) in [7, 11) is 1.42. The van der Waals surface area contributed by atoms with Crippen LogP contribution in [0.15, 0.2) is 11.1 Å². The molecule has 0 unspecified atom stereocenters. The average Bonchev–Trinajstić information content (AvgIpc) is 3.38. The molecule has 55 heavy (non-hydrogen) atoms. The molecule has 4 aliphatic rings. The van der Waals surface area contributed by atoms with Gasteiger partial charge in [0.15, 0.2) is 36.4 Å². The molecular weight excluding hydrogens is 736 g/mol. The minimum atomic E-state index is -2.39. The third-order valence-electron chi connectivity index (χ3n) is 10.0. The first kappa shape index (κ1) is 43.7. The smallest absolute Gasteiger partial charge is 0.259 e. The predicted octanol–water partition coefficient (Wildman–Crippen LogP) is -7.78. The Morgan fingerprint density at radius 1 is 1.04 bits per heavy atom. The highest BCUT2D eigenvalue weighted by Gasteiger charge is 2.60. The zero-order valence-corrected chi connectivity index (χ0v) is 30.2. The summed E-state index contributed by atoms with van der Waals surface area (Å²) in [5.41, 5.74) is 19.1. The van der Waals surface area contributed by atoms with E-state index in [1.807, 2.05) is 0 Å². The summed E-state index contributed by atoms with van der Waals surface area (Å²) >= 11 is 0. The minimum Gasteiger partial charge on any atom is -0.423 e. The number of guanidine groups is 2. The van der Waals surface area contributed by atoms with Crippen LogP contribution in [0.2, 0.25) is 0 Å². The molecule has 1 aliphatic carbocycles. The molecule has 0 aromatic carbocycles. The molecule has 15 atom stereocenters. The molecule has 5 rings (SSSR count). The van der Waals surface area contributed by atoms with E-state index in [9.17, 15) is 45.7 Å². The van der Waals surface area contributed by atoms with Gasteiger partial charge in [0.1, 0.15) is 66.5 Å². The number of aliphatic hydroxyl groups excluding tert-OH is 6. The highest BCUT2D eigenvalue weighted by Crippen LogP contribution is 2.38. The van der Waals surface area contributed by atoms with E-state index < -0.39 is 110 Å². The number of nitrogens with two attached hydrogens (primary N) is 4. The summed E-state index contributed by atoms with van der Waals surface area (Å²) in [6.07, 6.45) is -13.8. The van der Waals surface area contributed by atoms with Crippen LogP contribution < -0.4 is 44.1 Å². The Hall–Kier alpha value is -3.99. The summed E-state index contributed by atoms with van der Waals surface area (Å²) in [5.74, 6) is -0.329. The fourth-order valence-electron chi connectivity index (χ4n) is 6.92. The maximum absolute atomic E-state index is 12.1. The van der Waals surface area contributed by atoms with Crippen molar-refractivity contribution in [3.8, 4) is 0 Å². The van der Waals surface area contributed by atoms with Gasteiger partial charge in [-0.25, -0.2) is 4.99 Å². The second kappa shape index (κ2) is 18.3. The van der Waals surface area contributed by atoms with Gasteiger partial charge in [-0.1, -0.05) is 0 Å². The van der Waals surface area contributed by atoms with Crippen molar-refractivity contribution in [1.29, 1.82) is 10.8 Å². The van der Waals surface area contributed by atoms with Gasteiger partial charge in [-0.15, -0.1) is 4.73 Å². The van der Waals surface area contributed by atoms with Crippen LogP contribution in [0.4, 0.5) is 11.6 Å². The van der Waals surface area contributed by atoms with Gasteiger partial charge in [-0.05, 0) is 33.2 Å². The molecule has 20 N–H and O–H groups in total. The number of aldehydes is 1. The molecule has 4 fully saturated rings. The molecular formula is C30H54N12O13. The predicted molar refractivity (Wildman–Crippen MR) is 188 cm³/mol. The molecule has 312 valence electrons. The van der Waals surface area contributed by atoms with E-state index >= 15 is 0 Å². The number of aliphatic imine (C=N–C) groups is 1. The van der Waals surface area contributed by atoms with Crippen LogP contribution in [-0.4, -0.2) is 187 Å². The topological polar surface area (TPSA) is 425 Å². The number of anilines is 2. The fraction of sp³-hybridized carbons (Fsp3) is 0.767. The monoisotopic (exact) mass is 790 g/mol. The molecule has 25 heteroatoms. The number of nitrogens with one attached hydrogen (secondary N) is 4. The van der Waals surface area contributed by atoms with E-state index in [0.717, 1.165) is 25.9 Å². The Bertz CT molecular complexity index is 1550. The van der Waals surface area contributed by atoms with Gasteiger partial charge in [0.05, 0.1) is 24.8 Å². The number of piperidine rings is 1. The molecule has 25 nitrogen and oxygen atoms in total. The zero-order chi connectivity index (χ0) is 40.9. The Morgan fingerprint density at radius 3 is 2.24 bits per heavy atom. The van der Waals surface area contributed by atoms with Crippen molar-refractivity contribution >= 4 is 29.8 Å². The third-order valence-corrected chi connectivity index (χ3v) is 10.0. The van der Waals surface area contributed by atoms with Crippen LogP contribution in [0.5, 0.6) is 0 Å². The molecule has 0 amide bonds. The number of nitrogen functional groups attached to an aromatic ring is 1. The standard InChI is InChI=1S/C21H39N7O12.C9H15N5O/c1-5-21(36,4-30)16(40-17-9(26-2)13(34)10(31)6(3-29)38-17)18(37-5)39-15-8(28-20(24)25)11(32)7(27-19(22)23)12(33)14(15)35;10-7-6-8(12-9(11)14(7)15)13-4-2-1-3-5-13/h4-18,26,29,31-36H,3H2,1-2H3,(H4,22,23,27)(H4,24,25,28);6,11,15H,1-5,10H2/t5-,6-,7+,8-,9-,10-,11+,12-,13-,14+,15+,16-,17-,18-,21+;/m0./s1. The molecule has 1 aromatic rings. The largest absolute Gasteiger partial charge is 0.423 e. The number of likely N-dealkylation sites (N-methyl/N-ethyl adjacent to an activating group) is 1. The molecule has 3 aliphatic heterocycles. The van der Waals surface area contributed by atoms with Gasteiger partial charge in [0.25, 0.3) is 5.62 Å². The lowest BCUT2D eigenvalue weighted by molar-refractivity contribution is -0.314. The van der Waals surface area contributed by atoms with Crippen LogP contribution in [0, 0.1) is 10.8 Å². The van der Waals surface area contributed by atoms with E-state index in [2.05, 4.69) is 25.5 Å². The Balaban J connectivity index is 0.000000371. The van der Waals surface area contributed by atoms with Crippen molar-refractivity contribution in [1.82, 2.24) is 20.3 Å². The van der Waals surface area contributed by atoms with Crippen molar-refractivity contribution in [2.75, 3.05) is 37.4 Å². The van der Waals surface area contributed by atoms with E-state index in [-0.39, 0.29) is 17.7 Å². The van der Waals surface area contributed by atoms with E-state index in [0.29, 0.717) is 10.5 Å². The van der Waals surface area contributed by atoms with Crippen LogP contribution in [0.25, 0.3) is 0 Å². The lowest BCUT2D eigenvalue weighted by atomic mass is 9.81. The summed E-state index contributed by atoms with van der Waals surface area (Å²) in [6, 6.07) is -2.42. The number of rotatable bonds is 10. The number of carbonyl (C=O) groups excluding carboxylic acids is 1. The second-order valence-corrected chi connectivity index (χ2v) is 13.7. The van der Waals surface area contributed by atoms with Gasteiger partial charge in [0, 0.05) is 19.2 Å². The molecule has 1 saturated carbocycles. The summed E-state index contributed by atoms with van der Waals surface area (Å²) in [6.45, 7) is 2.51. The average molecular weight is 791 g/mol. The van der Waals surface area contributed by atoms with Gasteiger partial charge < -0.3 is 98.4 Å². The van der Waals surface area contributed by atoms with Crippen LogP contribution in [-0.2, 0) is 23.7 Å². The molecule has 3 saturated heterocycles. The van der Waals surface area contributed by atoms with Crippen LogP contribution >= 0.6 is 0 Å². The maximum Gasteiger partial charge on any atom is 0.259 e. The lowest BCUT2D eigenvalue weighted by Gasteiger charge is -2.46. The summed E-state index contributed by atoms with van der Waals surface area (Å²) < 4.78 is 23.5. The second-order valence-electron chi connectivity index (χ2n) is 13.7. The number of nitrogens with zero attached hydrogens (tertiary/aromatic N) is 4. The van der Waals surface area contributed by atoms with Crippen molar-refractivity contribution in [2.24, 2.45) is 22.2 Å². The number of hydrogen-bond acceptors (Lipinski definition) is 20. The van der Waals surface area contributed by atoms with Crippen molar-refractivity contribution in [3.05, 3.63) is 11.7 Å². The van der Waals surface area contributed by atoms with E-state index in [1.54, 1.807) is 6.07 Å². The minimum absolute atomic E-state index is 0.138. The summed E-state index contributed by atoms with van der Waals surface area (Å²) in [5, 5.41) is 103. The van der Waals surface area contributed by atoms with Crippen molar-refractivity contribution in [2.45, 2.75) is 117 Å². The first-order chi connectivity index (χ1) is 25.9. The lowest BCUT2D eigenvalue weighted by Crippen LogP contribution is -2.70. The number of aliphatic hydroxyl groups is 7. The number of hydrogen-bond donors (Lipinski definition) is 16. The van der Waals surface area contributed by atoms with Gasteiger partial charge in [-0.2, -0.15) is 4.98 Å². The van der Waals surface area contributed by atoms with E-state index in [1.165, 1.54) is 20.4 Å². The third kappa shape index (κ3) is 9.35. The Kier molecular flexibility index (Phi) is 14.6.